The van der Waals surface area contributed by atoms with Crippen LogP contribution >= 0.6 is 15.9 Å². The molecule has 1 unspecified atom stereocenters. The van der Waals surface area contributed by atoms with Crippen molar-refractivity contribution in [2.24, 2.45) is 5.73 Å². The van der Waals surface area contributed by atoms with Gasteiger partial charge in [0.2, 0.25) is 0 Å². The quantitative estimate of drug-likeness (QED) is 0.847. The highest BCUT2D eigenvalue weighted by atomic mass is 79.9. The first-order valence-electron chi connectivity index (χ1n) is 5.30. The monoisotopic (exact) mass is 285 g/mol. The molecule has 0 amide bonds. The molecule has 1 atom stereocenters. The maximum atomic E-state index is 11.4. The molecule has 88 valence electrons. The summed E-state index contributed by atoms with van der Waals surface area (Å²) in [6.45, 7) is 2.42. The van der Waals surface area contributed by atoms with Crippen molar-refractivity contribution in [3.63, 3.8) is 0 Å². The van der Waals surface area contributed by atoms with E-state index < -0.39 is 0 Å². The lowest BCUT2D eigenvalue weighted by atomic mass is 10.1. The average Bonchev–Trinajstić information content (AvgIpc) is 2.26. The third-order valence-electron chi connectivity index (χ3n) is 2.13. The second-order valence-corrected chi connectivity index (χ2v) is 4.50. The molecule has 0 saturated heterocycles. The molecule has 0 saturated carbocycles. The van der Waals surface area contributed by atoms with Crippen LogP contribution in [0.15, 0.2) is 28.7 Å². The molecule has 1 aromatic carbocycles. The van der Waals surface area contributed by atoms with Crippen LogP contribution < -0.4 is 5.73 Å². The van der Waals surface area contributed by atoms with E-state index in [-0.39, 0.29) is 18.4 Å². The van der Waals surface area contributed by atoms with Gasteiger partial charge < -0.3 is 10.5 Å². The Labute approximate surface area is 104 Å². The first kappa shape index (κ1) is 13.2. The van der Waals surface area contributed by atoms with Gasteiger partial charge in [0.05, 0.1) is 13.0 Å². The van der Waals surface area contributed by atoms with Crippen molar-refractivity contribution in [2.45, 2.75) is 25.8 Å². The van der Waals surface area contributed by atoms with Crippen LogP contribution in [-0.4, -0.2) is 12.6 Å². The molecule has 1 aromatic rings. The third-order valence-corrected chi connectivity index (χ3v) is 2.62. The number of hydrogen-bond donors (Lipinski definition) is 1. The van der Waals surface area contributed by atoms with Gasteiger partial charge in [-0.1, -0.05) is 35.0 Å². The van der Waals surface area contributed by atoms with Gasteiger partial charge in [0.15, 0.2) is 0 Å². The van der Waals surface area contributed by atoms with Crippen molar-refractivity contribution in [3.8, 4) is 0 Å². The lowest BCUT2D eigenvalue weighted by molar-refractivity contribution is -0.144. The van der Waals surface area contributed by atoms with Crippen molar-refractivity contribution < 1.29 is 9.53 Å². The molecule has 4 heteroatoms. The lowest BCUT2D eigenvalue weighted by Crippen LogP contribution is -2.17. The van der Waals surface area contributed by atoms with E-state index in [1.165, 1.54) is 0 Å². The predicted molar refractivity (Wildman–Crippen MR) is 66.9 cm³/mol. The first-order valence-corrected chi connectivity index (χ1v) is 6.09. The van der Waals surface area contributed by atoms with Crippen LogP contribution in [0.1, 0.15) is 31.4 Å². The van der Waals surface area contributed by atoms with Gasteiger partial charge in [0, 0.05) is 10.5 Å². The number of rotatable bonds is 5. The Morgan fingerprint density at radius 1 is 1.56 bits per heavy atom. The minimum Gasteiger partial charge on any atom is -0.466 e. The number of hydrogen-bond acceptors (Lipinski definition) is 3. The molecule has 0 heterocycles. The van der Waals surface area contributed by atoms with Crippen LogP contribution in [0.3, 0.4) is 0 Å². The number of halogens is 1. The minimum atomic E-state index is -0.304. The van der Waals surface area contributed by atoms with Gasteiger partial charge in [-0.05, 0) is 24.1 Å². The van der Waals surface area contributed by atoms with Crippen LogP contribution in [0, 0.1) is 0 Å². The maximum Gasteiger partial charge on any atom is 0.307 e. The predicted octanol–water partition coefficient (Wildman–Crippen LogP) is 2.79. The second kappa shape index (κ2) is 6.66. The molecule has 0 aliphatic carbocycles. The zero-order chi connectivity index (χ0) is 12.0. The molecule has 0 bridgehead atoms. The van der Waals surface area contributed by atoms with Crippen molar-refractivity contribution >= 4 is 21.9 Å². The summed E-state index contributed by atoms with van der Waals surface area (Å²) in [4.78, 5) is 11.4. The lowest BCUT2D eigenvalue weighted by Gasteiger charge is -2.11. The fourth-order valence-corrected chi connectivity index (χ4v) is 1.73. The van der Waals surface area contributed by atoms with E-state index in [9.17, 15) is 4.79 Å². The van der Waals surface area contributed by atoms with E-state index in [0.717, 1.165) is 16.5 Å². The van der Waals surface area contributed by atoms with Gasteiger partial charge in [0.25, 0.3) is 0 Å². The van der Waals surface area contributed by atoms with E-state index in [2.05, 4.69) is 15.9 Å². The van der Waals surface area contributed by atoms with Crippen LogP contribution in [0.4, 0.5) is 0 Å². The van der Waals surface area contributed by atoms with Gasteiger partial charge in [-0.25, -0.2) is 0 Å². The summed E-state index contributed by atoms with van der Waals surface area (Å²) >= 11 is 3.37. The Morgan fingerprint density at radius 2 is 2.31 bits per heavy atom. The van der Waals surface area contributed by atoms with Crippen molar-refractivity contribution in [2.75, 3.05) is 6.61 Å². The van der Waals surface area contributed by atoms with E-state index in [4.69, 9.17) is 10.5 Å². The Balaban J connectivity index is 2.52. The number of benzene rings is 1. The van der Waals surface area contributed by atoms with Gasteiger partial charge in [-0.2, -0.15) is 0 Å². The molecule has 0 aromatic heterocycles. The van der Waals surface area contributed by atoms with Crippen molar-refractivity contribution in [1.82, 2.24) is 0 Å². The zero-order valence-corrected chi connectivity index (χ0v) is 10.9. The molecule has 3 nitrogen and oxygen atoms in total. The Kier molecular flexibility index (Phi) is 5.49. The third kappa shape index (κ3) is 4.33. The summed E-state index contributed by atoms with van der Waals surface area (Å²) in [5.41, 5.74) is 6.85. The van der Waals surface area contributed by atoms with E-state index in [0.29, 0.717) is 6.61 Å². The van der Waals surface area contributed by atoms with Gasteiger partial charge >= 0.3 is 5.97 Å². The minimum absolute atomic E-state index is 0.219. The second-order valence-electron chi connectivity index (χ2n) is 3.59. The van der Waals surface area contributed by atoms with Gasteiger partial charge in [-0.3, -0.25) is 4.79 Å². The smallest absolute Gasteiger partial charge is 0.307 e. The number of carbonyl (C=O) groups is 1. The molecular formula is C12H16BrNO2. The summed E-state index contributed by atoms with van der Waals surface area (Å²) in [6.07, 6.45) is 1.05. The largest absolute Gasteiger partial charge is 0.466 e. The summed E-state index contributed by atoms with van der Waals surface area (Å²) in [5.74, 6) is -0.241. The average molecular weight is 286 g/mol. The Hall–Kier alpha value is -0.870. The standard InChI is InChI=1S/C12H16BrNO2/c1-2-6-16-12(15)8-11(14)9-4-3-5-10(13)7-9/h3-5,7,11H,2,6,8,14H2,1H3. The zero-order valence-electron chi connectivity index (χ0n) is 9.28. The summed E-state index contributed by atoms with van der Waals surface area (Å²) in [7, 11) is 0. The molecule has 0 fully saturated rings. The van der Waals surface area contributed by atoms with Gasteiger partial charge in [-0.15, -0.1) is 0 Å². The Bertz CT molecular complexity index is 355. The molecular weight excluding hydrogens is 270 g/mol. The normalized spacial score (nSPS) is 12.2. The summed E-state index contributed by atoms with van der Waals surface area (Å²) in [6, 6.07) is 7.34. The SMILES string of the molecule is CCCOC(=O)CC(N)c1cccc(Br)c1. The highest BCUT2D eigenvalue weighted by molar-refractivity contribution is 9.10. The molecule has 1 rings (SSSR count). The molecule has 0 aliphatic heterocycles. The topological polar surface area (TPSA) is 52.3 Å². The van der Waals surface area contributed by atoms with Crippen molar-refractivity contribution in [3.05, 3.63) is 34.3 Å². The number of carbonyl (C=O) groups excluding carboxylic acids is 1. The van der Waals surface area contributed by atoms with Crippen LogP contribution in [0.2, 0.25) is 0 Å². The number of nitrogens with two attached hydrogens (primary N) is 1. The van der Waals surface area contributed by atoms with E-state index in [1.807, 2.05) is 31.2 Å². The van der Waals surface area contributed by atoms with Crippen molar-refractivity contribution in [1.29, 1.82) is 0 Å². The summed E-state index contributed by atoms with van der Waals surface area (Å²) < 4.78 is 5.94. The fourth-order valence-electron chi connectivity index (χ4n) is 1.31. The van der Waals surface area contributed by atoms with Crippen LogP contribution in [0.5, 0.6) is 0 Å². The molecule has 0 radical (unpaired) electrons. The molecule has 0 spiro atoms. The fraction of sp³-hybridized carbons (Fsp3) is 0.417. The Morgan fingerprint density at radius 3 is 2.94 bits per heavy atom. The van der Waals surface area contributed by atoms with Gasteiger partial charge in [0.1, 0.15) is 0 Å². The molecule has 2 N–H and O–H groups in total. The number of ether oxygens (including phenoxy) is 1. The molecule has 0 aliphatic rings. The van der Waals surface area contributed by atoms with E-state index >= 15 is 0 Å². The molecule has 16 heavy (non-hydrogen) atoms. The maximum absolute atomic E-state index is 11.4. The van der Waals surface area contributed by atoms with Crippen LogP contribution in [0.25, 0.3) is 0 Å². The van der Waals surface area contributed by atoms with Crippen LogP contribution in [-0.2, 0) is 9.53 Å². The first-order chi connectivity index (χ1) is 7.63. The highest BCUT2D eigenvalue weighted by Crippen LogP contribution is 2.19. The summed E-state index contributed by atoms with van der Waals surface area (Å²) in [5, 5.41) is 0. The number of esters is 1. The van der Waals surface area contributed by atoms with E-state index in [1.54, 1.807) is 0 Å². The highest BCUT2D eigenvalue weighted by Gasteiger charge is 2.12.